The lowest BCUT2D eigenvalue weighted by Crippen LogP contribution is -2.44. The summed E-state index contributed by atoms with van der Waals surface area (Å²) in [5.41, 5.74) is 0.742. The first-order valence-corrected chi connectivity index (χ1v) is 8.11. The molecule has 1 aromatic rings. The van der Waals surface area contributed by atoms with E-state index in [9.17, 15) is 5.11 Å². The van der Waals surface area contributed by atoms with E-state index >= 15 is 0 Å². The standard InChI is InChI=1S/C16H27N3O/c1-3-16(20)8-5-6-13-10-18(12-15(13)16)11-14-7-9-19(4-2)17-14/h7,9,13,15,20H,3-6,8,10-12H2,1-2H3/t13-,15+,16-/m0/s1. The number of rotatable bonds is 4. The largest absolute Gasteiger partial charge is 0.390 e. The molecule has 0 spiro atoms. The predicted molar refractivity (Wildman–Crippen MR) is 79.2 cm³/mol. The highest BCUT2D eigenvalue weighted by Crippen LogP contribution is 2.44. The van der Waals surface area contributed by atoms with Gasteiger partial charge in [0.1, 0.15) is 0 Å². The van der Waals surface area contributed by atoms with E-state index in [2.05, 4.69) is 36.1 Å². The van der Waals surface area contributed by atoms with Crippen LogP contribution in [0.5, 0.6) is 0 Å². The first kappa shape index (κ1) is 14.1. The molecule has 0 bridgehead atoms. The van der Waals surface area contributed by atoms with Crippen molar-refractivity contribution in [3.8, 4) is 0 Å². The normalized spacial score (nSPS) is 34.4. The van der Waals surface area contributed by atoms with Gasteiger partial charge >= 0.3 is 0 Å². The summed E-state index contributed by atoms with van der Waals surface area (Å²) in [5.74, 6) is 1.15. The van der Waals surface area contributed by atoms with Gasteiger partial charge in [0.05, 0.1) is 11.3 Å². The molecule has 1 aromatic heterocycles. The summed E-state index contributed by atoms with van der Waals surface area (Å²) in [6, 6.07) is 2.12. The SMILES string of the molecule is CCn1ccc(CN2C[C@@H]3CCC[C@@](O)(CC)[C@@H]3C2)n1. The van der Waals surface area contributed by atoms with E-state index in [0.717, 1.165) is 44.7 Å². The minimum absolute atomic E-state index is 0.416. The number of fused-ring (bicyclic) bond motifs is 1. The van der Waals surface area contributed by atoms with Gasteiger partial charge < -0.3 is 5.11 Å². The van der Waals surface area contributed by atoms with Crippen LogP contribution in [0.4, 0.5) is 0 Å². The first-order chi connectivity index (χ1) is 9.64. The Morgan fingerprint density at radius 2 is 2.25 bits per heavy atom. The molecule has 2 fully saturated rings. The summed E-state index contributed by atoms with van der Waals surface area (Å²) in [6.07, 6.45) is 6.41. The van der Waals surface area contributed by atoms with E-state index in [1.165, 1.54) is 12.8 Å². The van der Waals surface area contributed by atoms with Gasteiger partial charge in [-0.3, -0.25) is 9.58 Å². The van der Waals surface area contributed by atoms with Gasteiger partial charge in [-0.25, -0.2) is 0 Å². The molecule has 20 heavy (non-hydrogen) atoms. The van der Waals surface area contributed by atoms with Crippen LogP contribution < -0.4 is 0 Å². The van der Waals surface area contributed by atoms with Gasteiger partial charge in [0.2, 0.25) is 0 Å². The molecule has 112 valence electrons. The molecule has 0 aromatic carbocycles. The fourth-order valence-electron chi connectivity index (χ4n) is 4.18. The van der Waals surface area contributed by atoms with E-state index in [0.29, 0.717) is 11.8 Å². The highest BCUT2D eigenvalue weighted by atomic mass is 16.3. The van der Waals surface area contributed by atoms with Gasteiger partial charge in [-0.2, -0.15) is 5.10 Å². The molecule has 0 amide bonds. The van der Waals surface area contributed by atoms with Crippen LogP contribution in [0, 0.1) is 11.8 Å². The number of nitrogens with zero attached hydrogens (tertiary/aromatic N) is 3. The fraction of sp³-hybridized carbons (Fsp3) is 0.812. The Balaban J connectivity index is 1.66. The van der Waals surface area contributed by atoms with Crippen molar-refractivity contribution in [2.45, 2.75) is 58.2 Å². The van der Waals surface area contributed by atoms with Crippen LogP contribution in [0.1, 0.15) is 45.2 Å². The van der Waals surface area contributed by atoms with E-state index < -0.39 is 5.60 Å². The van der Waals surface area contributed by atoms with Gasteiger partial charge in [-0.1, -0.05) is 13.3 Å². The number of aryl methyl sites for hydroxylation is 1. The summed E-state index contributed by atoms with van der Waals surface area (Å²) in [7, 11) is 0. The molecule has 4 nitrogen and oxygen atoms in total. The second kappa shape index (κ2) is 5.49. The van der Waals surface area contributed by atoms with Crippen molar-refractivity contribution in [2.24, 2.45) is 11.8 Å². The minimum atomic E-state index is -0.416. The second-order valence-corrected chi connectivity index (χ2v) is 6.57. The number of aliphatic hydroxyl groups is 1. The third-order valence-corrected chi connectivity index (χ3v) is 5.41. The molecular formula is C16H27N3O. The smallest absolute Gasteiger partial charge is 0.0764 e. The van der Waals surface area contributed by atoms with Crippen LogP contribution in [0.15, 0.2) is 12.3 Å². The predicted octanol–water partition coefficient (Wildman–Crippen LogP) is 2.28. The molecule has 3 atom stereocenters. The summed E-state index contributed by atoms with van der Waals surface area (Å²) in [4.78, 5) is 2.49. The van der Waals surface area contributed by atoms with Gasteiger partial charge in [-0.05, 0) is 38.2 Å². The van der Waals surface area contributed by atoms with Crippen LogP contribution in [0.3, 0.4) is 0 Å². The van der Waals surface area contributed by atoms with E-state index in [-0.39, 0.29) is 0 Å². The second-order valence-electron chi connectivity index (χ2n) is 6.57. The molecule has 1 saturated carbocycles. The quantitative estimate of drug-likeness (QED) is 0.918. The summed E-state index contributed by atoms with van der Waals surface area (Å²) in [6.45, 7) is 8.27. The Morgan fingerprint density at radius 1 is 1.40 bits per heavy atom. The van der Waals surface area contributed by atoms with Crippen molar-refractivity contribution >= 4 is 0 Å². The molecule has 1 aliphatic heterocycles. The van der Waals surface area contributed by atoms with Crippen molar-refractivity contribution in [3.63, 3.8) is 0 Å². The molecule has 3 rings (SSSR count). The number of hydrogen-bond donors (Lipinski definition) is 1. The molecule has 1 saturated heterocycles. The van der Waals surface area contributed by atoms with Gasteiger partial charge in [0, 0.05) is 38.3 Å². The highest BCUT2D eigenvalue weighted by molar-refractivity contribution is 5.03. The molecule has 1 N–H and O–H groups in total. The first-order valence-electron chi connectivity index (χ1n) is 8.11. The third kappa shape index (κ3) is 2.51. The summed E-state index contributed by atoms with van der Waals surface area (Å²) >= 11 is 0. The zero-order valence-corrected chi connectivity index (χ0v) is 12.8. The van der Waals surface area contributed by atoms with Crippen LogP contribution in [-0.2, 0) is 13.1 Å². The maximum Gasteiger partial charge on any atom is 0.0764 e. The number of aromatic nitrogens is 2. The van der Waals surface area contributed by atoms with Gasteiger partial charge in [0.15, 0.2) is 0 Å². The molecule has 0 unspecified atom stereocenters. The van der Waals surface area contributed by atoms with E-state index in [1.54, 1.807) is 0 Å². The monoisotopic (exact) mass is 277 g/mol. The zero-order valence-electron chi connectivity index (χ0n) is 12.8. The fourth-order valence-corrected chi connectivity index (χ4v) is 4.18. The third-order valence-electron chi connectivity index (χ3n) is 5.41. The molecule has 0 radical (unpaired) electrons. The van der Waals surface area contributed by atoms with Crippen molar-refractivity contribution in [2.75, 3.05) is 13.1 Å². The Hall–Kier alpha value is -0.870. The van der Waals surface area contributed by atoms with Crippen molar-refractivity contribution in [1.82, 2.24) is 14.7 Å². The highest BCUT2D eigenvalue weighted by Gasteiger charge is 2.47. The van der Waals surface area contributed by atoms with Crippen LogP contribution >= 0.6 is 0 Å². The van der Waals surface area contributed by atoms with Crippen LogP contribution in [0.2, 0.25) is 0 Å². The topological polar surface area (TPSA) is 41.3 Å². The molecule has 2 aliphatic rings. The molecule has 4 heteroatoms. The average molecular weight is 277 g/mol. The van der Waals surface area contributed by atoms with E-state index in [4.69, 9.17) is 0 Å². The summed E-state index contributed by atoms with van der Waals surface area (Å²) < 4.78 is 1.99. The number of hydrogen-bond acceptors (Lipinski definition) is 3. The van der Waals surface area contributed by atoms with Crippen molar-refractivity contribution in [3.05, 3.63) is 18.0 Å². The van der Waals surface area contributed by atoms with Crippen molar-refractivity contribution in [1.29, 1.82) is 0 Å². The van der Waals surface area contributed by atoms with Gasteiger partial charge in [-0.15, -0.1) is 0 Å². The molecule has 1 aliphatic carbocycles. The Morgan fingerprint density at radius 3 is 2.95 bits per heavy atom. The van der Waals surface area contributed by atoms with Crippen LogP contribution in [0.25, 0.3) is 0 Å². The lowest BCUT2D eigenvalue weighted by atomic mass is 9.69. The average Bonchev–Trinajstić information content (AvgIpc) is 3.06. The number of likely N-dealkylation sites (tertiary alicyclic amines) is 1. The Labute approximate surface area is 121 Å². The maximum atomic E-state index is 10.8. The lowest BCUT2D eigenvalue weighted by molar-refractivity contribution is -0.0613. The zero-order chi connectivity index (χ0) is 14.2. The van der Waals surface area contributed by atoms with E-state index in [1.807, 2.05) is 4.68 Å². The van der Waals surface area contributed by atoms with Crippen LogP contribution in [-0.4, -0.2) is 38.5 Å². The Kier molecular flexibility index (Phi) is 3.87. The molecule has 2 heterocycles. The van der Waals surface area contributed by atoms with Gasteiger partial charge in [0.25, 0.3) is 0 Å². The molecular weight excluding hydrogens is 250 g/mol. The maximum absolute atomic E-state index is 10.8. The lowest BCUT2D eigenvalue weighted by Gasteiger charge is -2.40. The summed E-state index contributed by atoms with van der Waals surface area (Å²) in [5, 5.41) is 15.4. The minimum Gasteiger partial charge on any atom is -0.390 e. The van der Waals surface area contributed by atoms with Crippen molar-refractivity contribution < 1.29 is 5.11 Å². The Bertz CT molecular complexity index is 458.